The summed E-state index contributed by atoms with van der Waals surface area (Å²) < 4.78 is 24.8. The second-order valence-electron chi connectivity index (χ2n) is 6.94. The van der Waals surface area contributed by atoms with Crippen LogP contribution >= 0.6 is 11.3 Å². The Bertz CT molecular complexity index is 1090. The van der Waals surface area contributed by atoms with Gasteiger partial charge >= 0.3 is 0 Å². The maximum absolute atomic E-state index is 12.4. The number of aryl methyl sites for hydroxylation is 1. The molecule has 6 nitrogen and oxygen atoms in total. The SMILES string of the molecule is Cc1sc(-c2ccccc2)nc1CC(=O)NNS(=O)(=O)c1ccc(C(C)C)cc1. The predicted octanol–water partition coefficient (Wildman–Crippen LogP) is 3.79. The first-order chi connectivity index (χ1) is 13.8. The van der Waals surface area contributed by atoms with Crippen LogP contribution < -0.4 is 10.3 Å². The molecule has 0 aliphatic heterocycles. The van der Waals surface area contributed by atoms with Crippen molar-refractivity contribution in [1.82, 2.24) is 15.2 Å². The zero-order valence-electron chi connectivity index (χ0n) is 16.5. The van der Waals surface area contributed by atoms with E-state index in [9.17, 15) is 13.2 Å². The normalized spacial score (nSPS) is 11.6. The van der Waals surface area contributed by atoms with Crippen molar-refractivity contribution in [1.29, 1.82) is 0 Å². The summed E-state index contributed by atoms with van der Waals surface area (Å²) >= 11 is 1.50. The van der Waals surface area contributed by atoms with Crippen LogP contribution in [0.15, 0.2) is 59.5 Å². The number of carbonyl (C=O) groups excluding carboxylic acids is 1. The van der Waals surface area contributed by atoms with Crippen LogP contribution in [0.3, 0.4) is 0 Å². The molecule has 2 aromatic carbocycles. The Kier molecular flexibility index (Phi) is 6.46. The highest BCUT2D eigenvalue weighted by Gasteiger charge is 2.17. The fourth-order valence-corrected chi connectivity index (χ4v) is 4.50. The van der Waals surface area contributed by atoms with Crippen LogP contribution in [0.1, 0.15) is 35.9 Å². The van der Waals surface area contributed by atoms with Crippen LogP contribution in [0.2, 0.25) is 0 Å². The standard InChI is InChI=1S/C21H23N3O3S2/c1-14(2)16-9-11-18(12-10-16)29(26,27)24-23-20(25)13-19-15(3)28-21(22-19)17-7-5-4-6-8-17/h4-12,14,24H,13H2,1-3H3,(H,23,25). The fraction of sp³-hybridized carbons (Fsp3) is 0.238. The zero-order valence-corrected chi connectivity index (χ0v) is 18.1. The largest absolute Gasteiger partial charge is 0.277 e. The van der Waals surface area contributed by atoms with Crippen molar-refractivity contribution in [2.75, 3.05) is 0 Å². The van der Waals surface area contributed by atoms with E-state index in [2.05, 4.69) is 15.2 Å². The average molecular weight is 430 g/mol. The summed E-state index contributed by atoms with van der Waals surface area (Å²) in [7, 11) is -3.84. The lowest BCUT2D eigenvalue weighted by Crippen LogP contribution is -2.42. The summed E-state index contributed by atoms with van der Waals surface area (Å²) in [5, 5.41) is 0.830. The number of sulfonamides is 1. The Morgan fingerprint density at radius 3 is 2.34 bits per heavy atom. The number of hydrogen-bond donors (Lipinski definition) is 2. The van der Waals surface area contributed by atoms with E-state index in [4.69, 9.17) is 0 Å². The van der Waals surface area contributed by atoms with Crippen molar-refractivity contribution < 1.29 is 13.2 Å². The summed E-state index contributed by atoms with van der Waals surface area (Å²) in [6, 6.07) is 16.3. The number of rotatable bonds is 7. The molecule has 0 atom stereocenters. The molecular formula is C21H23N3O3S2. The molecule has 0 saturated carbocycles. The Hall–Kier alpha value is -2.55. The zero-order chi connectivity index (χ0) is 21.0. The van der Waals surface area contributed by atoms with Crippen LogP contribution in [-0.4, -0.2) is 19.3 Å². The van der Waals surface area contributed by atoms with Gasteiger partial charge in [0.25, 0.3) is 10.0 Å². The number of carbonyl (C=O) groups is 1. The Balaban J connectivity index is 1.63. The average Bonchev–Trinajstić information content (AvgIpc) is 3.07. The highest BCUT2D eigenvalue weighted by molar-refractivity contribution is 7.89. The minimum atomic E-state index is -3.84. The van der Waals surface area contributed by atoms with Gasteiger partial charge in [-0.25, -0.2) is 13.4 Å². The fourth-order valence-electron chi connectivity index (χ4n) is 2.71. The Morgan fingerprint density at radius 2 is 1.72 bits per heavy atom. The molecule has 0 unspecified atom stereocenters. The molecule has 1 aromatic heterocycles. The van der Waals surface area contributed by atoms with Gasteiger partial charge in [-0.05, 0) is 30.5 Å². The lowest BCUT2D eigenvalue weighted by atomic mass is 10.0. The first kappa shape index (κ1) is 21.2. The van der Waals surface area contributed by atoms with Gasteiger partial charge in [-0.3, -0.25) is 10.2 Å². The van der Waals surface area contributed by atoms with Crippen LogP contribution in [0.4, 0.5) is 0 Å². The number of benzene rings is 2. The molecule has 1 heterocycles. The molecule has 0 aliphatic carbocycles. The predicted molar refractivity (Wildman–Crippen MR) is 115 cm³/mol. The molecule has 29 heavy (non-hydrogen) atoms. The molecule has 2 N–H and O–H groups in total. The summed E-state index contributed by atoms with van der Waals surface area (Å²) in [4.78, 5) is 20.0. The number of nitrogens with one attached hydrogen (secondary N) is 2. The van der Waals surface area contributed by atoms with Crippen molar-refractivity contribution >= 4 is 27.3 Å². The van der Waals surface area contributed by atoms with Gasteiger partial charge in [0.2, 0.25) is 5.91 Å². The van der Waals surface area contributed by atoms with E-state index in [-0.39, 0.29) is 11.3 Å². The van der Waals surface area contributed by atoms with Gasteiger partial charge < -0.3 is 0 Å². The van der Waals surface area contributed by atoms with Crippen LogP contribution in [0.25, 0.3) is 10.6 Å². The van der Waals surface area contributed by atoms with Gasteiger partial charge in [0, 0.05) is 10.4 Å². The minimum absolute atomic E-state index is 0.00995. The monoisotopic (exact) mass is 429 g/mol. The molecule has 0 radical (unpaired) electrons. The number of hydrogen-bond acceptors (Lipinski definition) is 5. The third-order valence-corrected chi connectivity index (χ3v) is 6.75. The van der Waals surface area contributed by atoms with Gasteiger partial charge in [0.15, 0.2) is 0 Å². The lowest BCUT2D eigenvalue weighted by Gasteiger charge is -2.10. The van der Waals surface area contributed by atoms with E-state index >= 15 is 0 Å². The first-order valence-electron chi connectivity index (χ1n) is 9.18. The minimum Gasteiger partial charge on any atom is -0.277 e. The number of amides is 1. The molecule has 0 saturated heterocycles. The molecule has 1 amide bonds. The van der Waals surface area contributed by atoms with Gasteiger partial charge in [0.1, 0.15) is 5.01 Å². The second kappa shape index (κ2) is 8.86. The quantitative estimate of drug-likeness (QED) is 0.559. The van der Waals surface area contributed by atoms with Crippen molar-refractivity contribution in [2.45, 2.75) is 38.0 Å². The second-order valence-corrected chi connectivity index (χ2v) is 9.83. The molecular weight excluding hydrogens is 406 g/mol. The maximum Gasteiger partial charge on any atom is 0.257 e. The number of nitrogens with zero attached hydrogens (tertiary/aromatic N) is 1. The van der Waals surface area contributed by atoms with Crippen molar-refractivity contribution in [3.05, 3.63) is 70.7 Å². The van der Waals surface area contributed by atoms with E-state index in [0.717, 1.165) is 21.0 Å². The number of hydrazine groups is 1. The van der Waals surface area contributed by atoms with Crippen LogP contribution in [-0.2, 0) is 21.2 Å². The van der Waals surface area contributed by atoms with Crippen LogP contribution in [0.5, 0.6) is 0 Å². The Morgan fingerprint density at radius 1 is 1.07 bits per heavy atom. The molecule has 3 rings (SSSR count). The summed E-state index contributed by atoms with van der Waals surface area (Å²) in [6.07, 6.45) is -0.00995. The van der Waals surface area contributed by atoms with Gasteiger partial charge in [-0.15, -0.1) is 16.2 Å². The maximum atomic E-state index is 12.4. The van der Waals surface area contributed by atoms with Gasteiger partial charge in [-0.2, -0.15) is 0 Å². The van der Waals surface area contributed by atoms with E-state index in [1.54, 1.807) is 12.1 Å². The molecule has 0 spiro atoms. The topological polar surface area (TPSA) is 88.2 Å². The summed E-state index contributed by atoms with van der Waals surface area (Å²) in [6.45, 7) is 5.96. The third kappa shape index (κ3) is 5.29. The van der Waals surface area contributed by atoms with E-state index in [1.807, 2.05) is 51.1 Å². The van der Waals surface area contributed by atoms with Crippen molar-refractivity contribution in [2.24, 2.45) is 0 Å². The lowest BCUT2D eigenvalue weighted by molar-refractivity contribution is -0.120. The van der Waals surface area contributed by atoms with E-state index in [1.165, 1.54) is 23.5 Å². The van der Waals surface area contributed by atoms with Gasteiger partial charge in [-0.1, -0.05) is 56.3 Å². The molecule has 0 fully saturated rings. The molecule has 152 valence electrons. The van der Waals surface area contributed by atoms with Gasteiger partial charge in [0.05, 0.1) is 17.0 Å². The smallest absolute Gasteiger partial charge is 0.257 e. The van der Waals surface area contributed by atoms with Crippen molar-refractivity contribution in [3.63, 3.8) is 0 Å². The highest BCUT2D eigenvalue weighted by Crippen LogP contribution is 2.27. The van der Waals surface area contributed by atoms with Crippen molar-refractivity contribution in [3.8, 4) is 10.6 Å². The summed E-state index contributed by atoms with van der Waals surface area (Å²) in [5.74, 6) is -0.165. The molecule has 0 bridgehead atoms. The third-order valence-electron chi connectivity index (χ3n) is 4.42. The molecule has 0 aliphatic rings. The Labute approximate surface area is 175 Å². The molecule has 3 aromatic rings. The van der Waals surface area contributed by atoms with E-state index < -0.39 is 15.9 Å². The van der Waals surface area contributed by atoms with Crippen LogP contribution in [0, 0.1) is 6.92 Å². The summed E-state index contributed by atoms with van der Waals surface area (Å²) in [5.41, 5.74) is 4.93. The first-order valence-corrected chi connectivity index (χ1v) is 11.5. The number of aromatic nitrogens is 1. The molecule has 8 heteroatoms. The highest BCUT2D eigenvalue weighted by atomic mass is 32.2. The number of thiazole rings is 1. The van der Waals surface area contributed by atoms with E-state index in [0.29, 0.717) is 11.6 Å².